The highest BCUT2D eigenvalue weighted by atomic mass is 16.5. The van der Waals surface area contributed by atoms with Gasteiger partial charge in [0.15, 0.2) is 0 Å². The number of carbonyl (C=O) groups is 1. The van der Waals surface area contributed by atoms with Crippen LogP contribution in [0.3, 0.4) is 0 Å². The molecule has 0 aliphatic rings. The second kappa shape index (κ2) is 4.56. The fourth-order valence-electron chi connectivity index (χ4n) is 1.42. The molecule has 0 bridgehead atoms. The molecule has 0 unspecified atom stereocenters. The van der Waals surface area contributed by atoms with E-state index in [0.29, 0.717) is 17.1 Å². The van der Waals surface area contributed by atoms with Crippen molar-refractivity contribution in [3.63, 3.8) is 0 Å². The molecule has 0 aliphatic heterocycles. The Balaban J connectivity index is 2.30. The zero-order valence-electron chi connectivity index (χ0n) is 9.14. The number of anilines is 2. The Labute approximate surface area is 97.3 Å². The van der Waals surface area contributed by atoms with Crippen LogP contribution in [0.2, 0.25) is 0 Å². The van der Waals surface area contributed by atoms with Crippen molar-refractivity contribution in [3.8, 4) is 5.75 Å². The highest BCUT2D eigenvalue weighted by Crippen LogP contribution is 2.25. The van der Waals surface area contributed by atoms with Gasteiger partial charge < -0.3 is 20.3 Å². The van der Waals surface area contributed by atoms with Gasteiger partial charge in [0.05, 0.1) is 13.3 Å². The minimum Gasteiger partial charge on any atom is -0.496 e. The van der Waals surface area contributed by atoms with Crippen molar-refractivity contribution < 1.29 is 14.1 Å². The highest BCUT2D eigenvalue weighted by molar-refractivity contribution is 6.09. The summed E-state index contributed by atoms with van der Waals surface area (Å²) in [7, 11) is 1.48. The molecule has 0 saturated heterocycles. The number of hydrogen-bond acceptors (Lipinski definition) is 5. The molecule has 1 aromatic heterocycles. The van der Waals surface area contributed by atoms with E-state index < -0.39 is 0 Å². The fraction of sp³-hybridized carbons (Fsp3) is 0.0909. The standard InChI is InChI=1S/C11H11N3O3/c1-16-9-4-2-3-8(12)10(9)11(15)14-7-5-13-17-6-7/h2-6H,12H2,1H3,(H,14,15). The third-order valence-corrected chi connectivity index (χ3v) is 2.20. The molecule has 1 aromatic carbocycles. The normalized spacial score (nSPS) is 9.94. The lowest BCUT2D eigenvalue weighted by molar-refractivity contribution is 0.102. The molecule has 17 heavy (non-hydrogen) atoms. The van der Waals surface area contributed by atoms with Gasteiger partial charge in [0.2, 0.25) is 0 Å². The second-order valence-electron chi connectivity index (χ2n) is 3.29. The fourth-order valence-corrected chi connectivity index (χ4v) is 1.42. The minimum absolute atomic E-state index is 0.288. The second-order valence-corrected chi connectivity index (χ2v) is 3.29. The molecule has 6 nitrogen and oxygen atoms in total. The van der Waals surface area contributed by atoms with E-state index in [1.807, 2.05) is 0 Å². The number of carbonyl (C=O) groups excluding carboxylic acids is 1. The van der Waals surface area contributed by atoms with Gasteiger partial charge in [-0.15, -0.1) is 0 Å². The third-order valence-electron chi connectivity index (χ3n) is 2.20. The summed E-state index contributed by atoms with van der Waals surface area (Å²) in [6, 6.07) is 5.01. The molecule has 0 fully saturated rings. The van der Waals surface area contributed by atoms with Crippen LogP contribution in [0.15, 0.2) is 35.2 Å². The van der Waals surface area contributed by atoms with Gasteiger partial charge in [0, 0.05) is 5.69 Å². The van der Waals surface area contributed by atoms with Crippen LogP contribution in [0, 0.1) is 0 Å². The zero-order chi connectivity index (χ0) is 12.3. The van der Waals surface area contributed by atoms with Gasteiger partial charge in [-0.05, 0) is 12.1 Å². The number of ether oxygens (including phenoxy) is 1. The molecular weight excluding hydrogens is 222 g/mol. The third kappa shape index (κ3) is 2.20. The van der Waals surface area contributed by atoms with Crippen LogP contribution in [-0.2, 0) is 0 Å². The molecule has 0 atom stereocenters. The number of rotatable bonds is 3. The van der Waals surface area contributed by atoms with Gasteiger partial charge in [-0.25, -0.2) is 0 Å². The summed E-state index contributed by atoms with van der Waals surface area (Å²) in [5.41, 5.74) is 6.84. The number of nitrogens with zero attached hydrogens (tertiary/aromatic N) is 1. The molecule has 3 N–H and O–H groups in total. The first-order valence-electron chi connectivity index (χ1n) is 4.85. The first kappa shape index (κ1) is 11.0. The van der Waals surface area contributed by atoms with Gasteiger partial charge in [0.1, 0.15) is 23.3 Å². The summed E-state index contributed by atoms with van der Waals surface area (Å²) in [5, 5.41) is 6.08. The lowest BCUT2D eigenvalue weighted by atomic mass is 10.1. The highest BCUT2D eigenvalue weighted by Gasteiger charge is 2.16. The molecule has 2 rings (SSSR count). The van der Waals surface area contributed by atoms with E-state index in [0.717, 1.165) is 0 Å². The number of aromatic nitrogens is 1. The first-order chi connectivity index (χ1) is 8.22. The molecule has 0 saturated carbocycles. The number of benzene rings is 1. The monoisotopic (exact) mass is 233 g/mol. The Hall–Kier alpha value is -2.50. The van der Waals surface area contributed by atoms with Gasteiger partial charge in [0.25, 0.3) is 5.91 Å². The average molecular weight is 233 g/mol. The molecule has 2 aromatic rings. The number of hydrogen-bond donors (Lipinski definition) is 2. The van der Waals surface area contributed by atoms with Crippen LogP contribution in [-0.4, -0.2) is 18.2 Å². The summed E-state index contributed by atoms with van der Waals surface area (Å²) in [6.45, 7) is 0. The maximum absolute atomic E-state index is 12.0. The summed E-state index contributed by atoms with van der Waals surface area (Å²) in [6.07, 6.45) is 2.72. The molecule has 1 amide bonds. The average Bonchev–Trinajstić information content (AvgIpc) is 2.81. The van der Waals surface area contributed by atoms with Crippen LogP contribution in [0.4, 0.5) is 11.4 Å². The predicted molar refractivity (Wildman–Crippen MR) is 61.9 cm³/mol. The van der Waals surface area contributed by atoms with Gasteiger partial charge >= 0.3 is 0 Å². The maximum Gasteiger partial charge on any atom is 0.261 e. The van der Waals surface area contributed by atoms with Crippen molar-refractivity contribution in [2.75, 3.05) is 18.2 Å². The zero-order valence-corrected chi connectivity index (χ0v) is 9.14. The Morgan fingerprint density at radius 3 is 3.00 bits per heavy atom. The number of nitrogen functional groups attached to an aromatic ring is 1. The van der Waals surface area contributed by atoms with E-state index in [9.17, 15) is 4.79 Å². The van der Waals surface area contributed by atoms with Gasteiger partial charge in [-0.3, -0.25) is 4.79 Å². The Morgan fingerprint density at radius 1 is 1.53 bits per heavy atom. The summed E-state index contributed by atoms with van der Waals surface area (Å²) in [5.74, 6) is 0.0436. The van der Waals surface area contributed by atoms with E-state index in [1.165, 1.54) is 19.6 Å². The topological polar surface area (TPSA) is 90.4 Å². The van der Waals surface area contributed by atoms with E-state index in [4.69, 9.17) is 10.5 Å². The molecule has 0 aliphatic carbocycles. The summed E-state index contributed by atoms with van der Waals surface area (Å²) >= 11 is 0. The van der Waals surface area contributed by atoms with E-state index in [2.05, 4.69) is 15.0 Å². The van der Waals surface area contributed by atoms with Gasteiger partial charge in [-0.2, -0.15) is 0 Å². The SMILES string of the molecule is COc1cccc(N)c1C(=O)Nc1cnoc1. The predicted octanol–water partition coefficient (Wildman–Crippen LogP) is 1.52. The van der Waals surface area contributed by atoms with Gasteiger partial charge in [-0.1, -0.05) is 11.2 Å². The quantitative estimate of drug-likeness (QED) is 0.784. The molecule has 1 heterocycles. The Bertz CT molecular complexity index is 523. The van der Waals surface area contributed by atoms with Crippen molar-refractivity contribution in [2.24, 2.45) is 0 Å². The number of nitrogens with one attached hydrogen (secondary N) is 1. The molecule has 0 radical (unpaired) electrons. The van der Waals surface area contributed by atoms with E-state index in [-0.39, 0.29) is 11.5 Å². The van der Waals surface area contributed by atoms with Crippen LogP contribution in [0.1, 0.15) is 10.4 Å². The number of amides is 1. The smallest absolute Gasteiger partial charge is 0.261 e. The molecule has 0 spiro atoms. The first-order valence-corrected chi connectivity index (χ1v) is 4.85. The van der Waals surface area contributed by atoms with Crippen molar-refractivity contribution >= 4 is 17.3 Å². The van der Waals surface area contributed by atoms with Crippen LogP contribution in [0.25, 0.3) is 0 Å². The minimum atomic E-state index is -0.372. The lowest BCUT2D eigenvalue weighted by Gasteiger charge is -2.10. The molecule has 6 heteroatoms. The summed E-state index contributed by atoms with van der Waals surface area (Å²) in [4.78, 5) is 12.0. The lowest BCUT2D eigenvalue weighted by Crippen LogP contribution is -2.14. The number of nitrogens with two attached hydrogens (primary N) is 1. The van der Waals surface area contributed by atoms with Crippen LogP contribution < -0.4 is 15.8 Å². The molecule has 88 valence electrons. The van der Waals surface area contributed by atoms with Crippen LogP contribution >= 0.6 is 0 Å². The van der Waals surface area contributed by atoms with E-state index >= 15 is 0 Å². The summed E-state index contributed by atoms with van der Waals surface area (Å²) < 4.78 is 9.70. The Morgan fingerprint density at radius 2 is 2.35 bits per heavy atom. The van der Waals surface area contributed by atoms with Crippen molar-refractivity contribution in [1.82, 2.24) is 5.16 Å². The number of methoxy groups -OCH3 is 1. The Kier molecular flexibility index (Phi) is 2.95. The molecular formula is C11H11N3O3. The van der Waals surface area contributed by atoms with E-state index in [1.54, 1.807) is 18.2 Å². The maximum atomic E-state index is 12.0. The van der Waals surface area contributed by atoms with Crippen molar-refractivity contribution in [3.05, 3.63) is 36.2 Å². The largest absolute Gasteiger partial charge is 0.496 e. The van der Waals surface area contributed by atoms with Crippen LogP contribution in [0.5, 0.6) is 5.75 Å². The van der Waals surface area contributed by atoms with Crippen molar-refractivity contribution in [2.45, 2.75) is 0 Å². The van der Waals surface area contributed by atoms with Crippen molar-refractivity contribution in [1.29, 1.82) is 0 Å².